The normalized spacial score (nSPS) is 19.3. The van der Waals surface area contributed by atoms with Gasteiger partial charge in [0.05, 0.1) is 31.1 Å². The molecule has 1 amide bonds. The van der Waals surface area contributed by atoms with E-state index in [4.69, 9.17) is 9.47 Å². The number of hydrogen-bond acceptors (Lipinski definition) is 9. The van der Waals surface area contributed by atoms with Gasteiger partial charge in [-0.2, -0.15) is 0 Å². The number of methoxy groups -OCH3 is 1. The summed E-state index contributed by atoms with van der Waals surface area (Å²) in [6.45, 7) is 5.72. The summed E-state index contributed by atoms with van der Waals surface area (Å²) >= 11 is 4.52. The number of esters is 1. The summed E-state index contributed by atoms with van der Waals surface area (Å²) in [5, 5.41) is 15.2. The largest absolute Gasteiger partial charge is 0.465 e. The Bertz CT molecular complexity index is 1260. The fourth-order valence-corrected chi connectivity index (χ4v) is 7.62. The second-order valence-corrected chi connectivity index (χ2v) is 12.5. The number of amides is 1. The maximum absolute atomic E-state index is 13.0. The van der Waals surface area contributed by atoms with Crippen molar-refractivity contribution in [2.45, 2.75) is 63.8 Å². The van der Waals surface area contributed by atoms with Crippen LogP contribution >= 0.6 is 34.4 Å². The first-order valence-corrected chi connectivity index (χ1v) is 14.9. The number of ether oxygens (including phenoxy) is 2. The monoisotopic (exact) mass is 546 g/mol. The molecular weight excluding hydrogens is 517 g/mol. The lowest BCUT2D eigenvalue weighted by Gasteiger charge is -2.18. The van der Waals surface area contributed by atoms with Crippen molar-refractivity contribution in [1.82, 2.24) is 14.8 Å². The Kier molecular flexibility index (Phi) is 7.80. The highest BCUT2D eigenvalue weighted by Crippen LogP contribution is 2.40. The Morgan fingerprint density at radius 2 is 2.19 bits per heavy atom. The first kappa shape index (κ1) is 25.4. The van der Waals surface area contributed by atoms with Gasteiger partial charge in [0, 0.05) is 27.3 Å². The second kappa shape index (κ2) is 11.0. The number of hydrogen-bond donors (Lipinski definition) is 1. The maximum atomic E-state index is 13.0. The minimum atomic E-state index is -0.392. The zero-order chi connectivity index (χ0) is 25.2. The van der Waals surface area contributed by atoms with E-state index in [2.05, 4.69) is 45.4 Å². The molecule has 1 saturated heterocycles. The predicted molar refractivity (Wildman–Crippen MR) is 143 cm³/mol. The van der Waals surface area contributed by atoms with Gasteiger partial charge >= 0.3 is 5.97 Å². The van der Waals surface area contributed by atoms with Crippen LogP contribution in [0.15, 0.2) is 16.6 Å². The van der Waals surface area contributed by atoms with E-state index in [1.807, 2.05) is 0 Å². The van der Waals surface area contributed by atoms with Gasteiger partial charge in [0.1, 0.15) is 5.00 Å². The van der Waals surface area contributed by atoms with Gasteiger partial charge < -0.3 is 14.8 Å². The molecule has 36 heavy (non-hydrogen) atoms. The van der Waals surface area contributed by atoms with Crippen molar-refractivity contribution < 1.29 is 19.1 Å². The van der Waals surface area contributed by atoms with E-state index >= 15 is 0 Å². The van der Waals surface area contributed by atoms with Crippen molar-refractivity contribution in [3.8, 4) is 11.4 Å². The van der Waals surface area contributed by atoms with Gasteiger partial charge in [0.2, 0.25) is 5.91 Å². The molecule has 11 heteroatoms. The van der Waals surface area contributed by atoms with Gasteiger partial charge in [-0.1, -0.05) is 18.7 Å². The molecule has 1 aliphatic heterocycles. The van der Waals surface area contributed by atoms with Crippen LogP contribution in [0.4, 0.5) is 5.00 Å². The SMILES string of the molecule is COC(=O)c1c(NC(=O)CSc2nnc(-c3csc(C)c3)n2CC2CCCO2)sc2c1CCC(C)C2. The molecule has 1 aliphatic carbocycles. The molecule has 1 fully saturated rings. The van der Waals surface area contributed by atoms with Crippen LogP contribution in [0.25, 0.3) is 11.4 Å². The number of carbonyl (C=O) groups is 2. The Labute approximate surface area is 222 Å². The van der Waals surface area contributed by atoms with Crippen molar-refractivity contribution in [2.24, 2.45) is 5.92 Å². The average molecular weight is 547 g/mol. The third kappa shape index (κ3) is 5.39. The van der Waals surface area contributed by atoms with E-state index in [1.54, 1.807) is 11.3 Å². The Balaban J connectivity index is 1.33. The fourth-order valence-electron chi connectivity index (χ4n) is 4.78. The number of thioether (sulfide) groups is 1. The molecule has 0 spiro atoms. The van der Waals surface area contributed by atoms with Crippen LogP contribution in [-0.4, -0.2) is 52.2 Å². The van der Waals surface area contributed by atoms with Crippen LogP contribution in [0.1, 0.15) is 51.9 Å². The molecule has 2 aliphatic rings. The predicted octanol–water partition coefficient (Wildman–Crippen LogP) is 5.20. The number of aryl methyl sites for hydroxylation is 1. The van der Waals surface area contributed by atoms with Crippen LogP contribution in [0, 0.1) is 12.8 Å². The highest BCUT2D eigenvalue weighted by molar-refractivity contribution is 7.99. The van der Waals surface area contributed by atoms with Crippen LogP contribution in [0.3, 0.4) is 0 Å². The lowest BCUT2D eigenvalue weighted by atomic mass is 9.88. The summed E-state index contributed by atoms with van der Waals surface area (Å²) in [6, 6.07) is 2.11. The third-order valence-electron chi connectivity index (χ3n) is 6.60. The molecule has 192 valence electrons. The zero-order valence-electron chi connectivity index (χ0n) is 20.7. The second-order valence-electron chi connectivity index (χ2n) is 9.38. The number of rotatable bonds is 8. The van der Waals surface area contributed by atoms with Gasteiger partial charge in [-0.05, 0) is 56.6 Å². The van der Waals surface area contributed by atoms with E-state index in [0.717, 1.165) is 55.7 Å². The Hall–Kier alpha value is -2.21. The highest BCUT2D eigenvalue weighted by Gasteiger charge is 2.29. The van der Waals surface area contributed by atoms with Crippen LogP contribution < -0.4 is 5.32 Å². The van der Waals surface area contributed by atoms with Gasteiger partial charge in [-0.3, -0.25) is 9.36 Å². The van der Waals surface area contributed by atoms with Crippen molar-refractivity contribution in [2.75, 3.05) is 24.8 Å². The Morgan fingerprint density at radius 1 is 1.33 bits per heavy atom. The molecule has 0 aromatic carbocycles. The summed E-state index contributed by atoms with van der Waals surface area (Å²) in [4.78, 5) is 27.9. The first-order chi connectivity index (χ1) is 17.4. The number of fused-ring (bicyclic) bond motifs is 1. The van der Waals surface area contributed by atoms with Crippen molar-refractivity contribution in [3.05, 3.63) is 32.3 Å². The minimum absolute atomic E-state index is 0.120. The molecule has 3 aromatic heterocycles. The molecular formula is C25H30N4O4S3. The quantitative estimate of drug-likeness (QED) is 0.307. The molecule has 0 saturated carbocycles. The van der Waals surface area contributed by atoms with E-state index in [-0.39, 0.29) is 17.8 Å². The summed E-state index contributed by atoms with van der Waals surface area (Å²) in [7, 11) is 1.38. The number of thiophene rings is 2. The molecule has 8 nitrogen and oxygen atoms in total. The zero-order valence-corrected chi connectivity index (χ0v) is 23.1. The van der Waals surface area contributed by atoms with Crippen LogP contribution in [0.5, 0.6) is 0 Å². The summed E-state index contributed by atoms with van der Waals surface area (Å²) in [5.74, 6) is 0.947. The Morgan fingerprint density at radius 3 is 2.92 bits per heavy atom. The third-order valence-corrected chi connectivity index (χ3v) is 9.60. The number of carbonyl (C=O) groups excluding carboxylic acids is 2. The van der Waals surface area contributed by atoms with Crippen molar-refractivity contribution >= 4 is 51.3 Å². The molecule has 4 heterocycles. The smallest absolute Gasteiger partial charge is 0.341 e. The molecule has 0 bridgehead atoms. The van der Waals surface area contributed by atoms with E-state index in [1.165, 1.54) is 40.0 Å². The molecule has 3 aromatic rings. The van der Waals surface area contributed by atoms with Crippen molar-refractivity contribution in [1.29, 1.82) is 0 Å². The molecule has 1 N–H and O–H groups in total. The summed E-state index contributed by atoms with van der Waals surface area (Å²) < 4.78 is 13.0. The average Bonchev–Trinajstić information content (AvgIpc) is 3.65. The first-order valence-electron chi connectivity index (χ1n) is 12.2. The highest BCUT2D eigenvalue weighted by atomic mass is 32.2. The lowest BCUT2D eigenvalue weighted by Crippen LogP contribution is -2.19. The number of aromatic nitrogens is 3. The standard InChI is InChI=1S/C25H30N4O4S3/c1-14-6-7-18-19(9-14)36-23(21(18)24(31)32-3)26-20(30)13-35-25-28-27-22(16-10-15(2)34-12-16)29(25)11-17-5-4-8-33-17/h10,12,14,17H,4-9,11,13H2,1-3H3,(H,26,30). The van der Waals surface area contributed by atoms with Crippen LogP contribution in [-0.2, 0) is 33.7 Å². The van der Waals surface area contributed by atoms with E-state index in [0.29, 0.717) is 28.2 Å². The van der Waals surface area contributed by atoms with Crippen molar-refractivity contribution in [3.63, 3.8) is 0 Å². The lowest BCUT2D eigenvalue weighted by molar-refractivity contribution is -0.113. The number of nitrogens with one attached hydrogen (secondary N) is 1. The fraction of sp³-hybridized carbons (Fsp3) is 0.520. The van der Waals surface area contributed by atoms with E-state index < -0.39 is 5.97 Å². The van der Waals surface area contributed by atoms with Crippen LogP contribution in [0.2, 0.25) is 0 Å². The van der Waals surface area contributed by atoms with Gasteiger partial charge in [-0.25, -0.2) is 4.79 Å². The minimum Gasteiger partial charge on any atom is -0.465 e. The summed E-state index contributed by atoms with van der Waals surface area (Å²) in [6.07, 6.45) is 4.96. The van der Waals surface area contributed by atoms with Gasteiger partial charge in [-0.15, -0.1) is 32.9 Å². The molecule has 0 radical (unpaired) electrons. The number of nitrogens with zero attached hydrogens (tertiary/aromatic N) is 3. The molecule has 2 atom stereocenters. The van der Waals surface area contributed by atoms with Gasteiger partial charge in [0.15, 0.2) is 11.0 Å². The molecule has 2 unspecified atom stereocenters. The topological polar surface area (TPSA) is 95.3 Å². The number of anilines is 1. The maximum Gasteiger partial charge on any atom is 0.341 e. The summed E-state index contributed by atoms with van der Waals surface area (Å²) in [5.41, 5.74) is 2.57. The molecule has 5 rings (SSSR count). The van der Waals surface area contributed by atoms with E-state index in [9.17, 15) is 9.59 Å². The van der Waals surface area contributed by atoms with Gasteiger partial charge in [0.25, 0.3) is 0 Å².